The number of hydrogen-bond acceptors (Lipinski definition) is 5. The van der Waals surface area contributed by atoms with E-state index in [1.165, 1.54) is 6.42 Å². The number of hydrogen-bond donors (Lipinski definition) is 1. The smallest absolute Gasteiger partial charge is 0.151 e. The Bertz CT molecular complexity index is 392. The Balaban J connectivity index is 1.73. The maximum absolute atomic E-state index is 5.42. The third-order valence-corrected chi connectivity index (χ3v) is 3.62. The maximum Gasteiger partial charge on any atom is 0.151 e. The van der Waals surface area contributed by atoms with Crippen molar-refractivity contribution < 1.29 is 9.26 Å². The molecule has 0 amide bonds. The largest absolute Gasteiger partial charge is 0.384 e. The van der Waals surface area contributed by atoms with Gasteiger partial charge in [0.1, 0.15) is 0 Å². The second-order valence-electron chi connectivity index (χ2n) is 6.15. The molecule has 1 aliphatic rings. The normalized spacial score (nSPS) is 20.1. The summed E-state index contributed by atoms with van der Waals surface area (Å²) in [5, 5.41) is 7.50. The first-order valence-electron chi connectivity index (χ1n) is 7.54. The second kappa shape index (κ2) is 7.76. The molecule has 1 N–H and O–H groups in total. The zero-order valence-electron chi connectivity index (χ0n) is 12.9. The van der Waals surface area contributed by atoms with E-state index in [1.807, 2.05) is 0 Å². The number of ether oxygens (including phenoxy) is 1. The van der Waals surface area contributed by atoms with E-state index < -0.39 is 0 Å². The van der Waals surface area contributed by atoms with Gasteiger partial charge in [0.15, 0.2) is 5.76 Å². The molecule has 0 spiro atoms. The summed E-state index contributed by atoms with van der Waals surface area (Å²) in [6.07, 6.45) is 1.21. The van der Waals surface area contributed by atoms with E-state index in [4.69, 9.17) is 9.26 Å². The van der Waals surface area contributed by atoms with Gasteiger partial charge < -0.3 is 14.6 Å². The van der Waals surface area contributed by atoms with Crippen LogP contribution in [0.4, 0.5) is 0 Å². The molecule has 1 aliphatic heterocycles. The van der Waals surface area contributed by atoms with E-state index >= 15 is 0 Å². The van der Waals surface area contributed by atoms with Crippen LogP contribution < -0.4 is 5.32 Å². The molecule has 1 aromatic rings. The molecule has 1 saturated heterocycles. The summed E-state index contributed by atoms with van der Waals surface area (Å²) in [5.74, 6) is 2.28. The van der Waals surface area contributed by atoms with Crippen LogP contribution in [0.3, 0.4) is 0 Å². The molecule has 0 aliphatic carbocycles. The Hall–Kier alpha value is -0.910. The average molecular weight is 281 g/mol. The van der Waals surface area contributed by atoms with Crippen molar-refractivity contribution in [3.8, 4) is 0 Å². The van der Waals surface area contributed by atoms with E-state index in [-0.39, 0.29) is 0 Å². The fourth-order valence-electron chi connectivity index (χ4n) is 2.65. The maximum atomic E-state index is 5.42. The van der Waals surface area contributed by atoms with Crippen molar-refractivity contribution in [3.63, 3.8) is 0 Å². The van der Waals surface area contributed by atoms with Gasteiger partial charge in [-0.1, -0.05) is 19.0 Å². The first-order valence-corrected chi connectivity index (χ1v) is 7.54. The minimum absolute atomic E-state index is 0.656. The molecule has 1 atom stereocenters. The Morgan fingerprint density at radius 3 is 3.15 bits per heavy atom. The lowest BCUT2D eigenvalue weighted by atomic mass is 10.1. The Kier molecular flexibility index (Phi) is 6.01. The molecule has 0 saturated carbocycles. The predicted octanol–water partition coefficient (Wildman–Crippen LogP) is 1.89. The van der Waals surface area contributed by atoms with Crippen LogP contribution in [-0.2, 0) is 17.8 Å². The lowest BCUT2D eigenvalue weighted by molar-refractivity contribution is 0.151. The molecule has 1 aromatic heterocycles. The molecule has 5 heteroatoms. The van der Waals surface area contributed by atoms with Gasteiger partial charge in [-0.25, -0.2) is 0 Å². The molecule has 1 fully saturated rings. The van der Waals surface area contributed by atoms with Gasteiger partial charge in [-0.2, -0.15) is 0 Å². The topological polar surface area (TPSA) is 50.5 Å². The van der Waals surface area contributed by atoms with Crippen molar-refractivity contribution in [2.75, 3.05) is 33.4 Å². The molecule has 2 heterocycles. The summed E-state index contributed by atoms with van der Waals surface area (Å²) in [6.45, 7) is 10.1. The molecule has 0 radical (unpaired) electrons. The van der Waals surface area contributed by atoms with Crippen LogP contribution >= 0.6 is 0 Å². The zero-order chi connectivity index (χ0) is 14.4. The summed E-state index contributed by atoms with van der Waals surface area (Å²) in [6, 6.07) is 2.07. The van der Waals surface area contributed by atoms with Gasteiger partial charge in [0.05, 0.1) is 18.8 Å². The molecule has 2 rings (SSSR count). The summed E-state index contributed by atoms with van der Waals surface area (Å²) >= 11 is 0. The number of nitrogens with one attached hydrogen (secondary N) is 1. The second-order valence-corrected chi connectivity index (χ2v) is 6.15. The van der Waals surface area contributed by atoms with Gasteiger partial charge >= 0.3 is 0 Å². The highest BCUT2D eigenvalue weighted by molar-refractivity contribution is 5.05. The van der Waals surface area contributed by atoms with Gasteiger partial charge in [0.2, 0.25) is 0 Å². The van der Waals surface area contributed by atoms with E-state index in [0.29, 0.717) is 11.8 Å². The number of nitrogens with zero attached hydrogens (tertiary/aromatic N) is 2. The molecule has 0 aromatic carbocycles. The highest BCUT2D eigenvalue weighted by Gasteiger charge is 2.23. The van der Waals surface area contributed by atoms with E-state index in [9.17, 15) is 0 Å². The van der Waals surface area contributed by atoms with Crippen molar-refractivity contribution in [1.82, 2.24) is 15.4 Å². The van der Waals surface area contributed by atoms with Gasteiger partial charge in [-0.15, -0.1) is 0 Å². The summed E-state index contributed by atoms with van der Waals surface area (Å²) < 4.78 is 10.6. The monoisotopic (exact) mass is 281 g/mol. The van der Waals surface area contributed by atoms with E-state index in [0.717, 1.165) is 50.8 Å². The van der Waals surface area contributed by atoms with Crippen LogP contribution in [0, 0.1) is 11.8 Å². The van der Waals surface area contributed by atoms with E-state index in [2.05, 4.69) is 35.3 Å². The van der Waals surface area contributed by atoms with Crippen LogP contribution in [0.1, 0.15) is 31.7 Å². The van der Waals surface area contributed by atoms with Gasteiger partial charge in [0.25, 0.3) is 0 Å². The number of methoxy groups -OCH3 is 1. The zero-order valence-corrected chi connectivity index (χ0v) is 12.9. The van der Waals surface area contributed by atoms with Gasteiger partial charge in [-0.3, -0.25) is 4.90 Å². The van der Waals surface area contributed by atoms with Crippen LogP contribution in [0.25, 0.3) is 0 Å². The summed E-state index contributed by atoms with van der Waals surface area (Å²) in [5.41, 5.74) is 0.994. The predicted molar refractivity (Wildman–Crippen MR) is 78.3 cm³/mol. The summed E-state index contributed by atoms with van der Waals surface area (Å²) in [4.78, 5) is 2.41. The summed E-state index contributed by atoms with van der Waals surface area (Å²) in [7, 11) is 1.77. The average Bonchev–Trinajstić information content (AvgIpc) is 3.00. The number of likely N-dealkylation sites (tertiary alicyclic amines) is 1. The lowest BCUT2D eigenvalue weighted by Crippen LogP contribution is -2.21. The van der Waals surface area contributed by atoms with Crippen LogP contribution in [0.2, 0.25) is 0 Å². The Labute approximate surface area is 121 Å². The molecular weight excluding hydrogens is 254 g/mol. The fourth-order valence-corrected chi connectivity index (χ4v) is 2.65. The Morgan fingerprint density at radius 2 is 2.40 bits per heavy atom. The molecule has 1 unspecified atom stereocenters. The van der Waals surface area contributed by atoms with Crippen LogP contribution in [0.15, 0.2) is 10.6 Å². The van der Waals surface area contributed by atoms with Crippen molar-refractivity contribution >= 4 is 0 Å². The molecule has 20 heavy (non-hydrogen) atoms. The SMILES string of the molecule is COCC1CCN(Cc2cc(CNCC(C)C)no2)C1. The minimum atomic E-state index is 0.656. The highest BCUT2D eigenvalue weighted by Crippen LogP contribution is 2.19. The van der Waals surface area contributed by atoms with Gasteiger partial charge in [0, 0.05) is 26.3 Å². The number of rotatable bonds is 8. The lowest BCUT2D eigenvalue weighted by Gasteiger charge is -2.13. The first-order chi connectivity index (χ1) is 9.67. The third kappa shape index (κ3) is 4.89. The molecule has 114 valence electrons. The number of aromatic nitrogens is 1. The van der Waals surface area contributed by atoms with Crippen LogP contribution in [-0.4, -0.2) is 43.4 Å². The first kappa shape index (κ1) is 15.5. The minimum Gasteiger partial charge on any atom is -0.384 e. The van der Waals surface area contributed by atoms with Crippen molar-refractivity contribution in [3.05, 3.63) is 17.5 Å². The van der Waals surface area contributed by atoms with Crippen molar-refractivity contribution in [1.29, 1.82) is 0 Å². The highest BCUT2D eigenvalue weighted by atomic mass is 16.5. The van der Waals surface area contributed by atoms with Crippen molar-refractivity contribution in [2.24, 2.45) is 11.8 Å². The van der Waals surface area contributed by atoms with Crippen LogP contribution in [0.5, 0.6) is 0 Å². The van der Waals surface area contributed by atoms with E-state index in [1.54, 1.807) is 7.11 Å². The quantitative estimate of drug-likeness (QED) is 0.788. The van der Waals surface area contributed by atoms with Crippen molar-refractivity contribution in [2.45, 2.75) is 33.4 Å². The third-order valence-electron chi connectivity index (χ3n) is 3.62. The molecule has 0 bridgehead atoms. The molecular formula is C15H27N3O2. The van der Waals surface area contributed by atoms with Gasteiger partial charge in [-0.05, 0) is 31.3 Å². The molecule has 5 nitrogen and oxygen atoms in total. The standard InChI is InChI=1S/C15H27N3O2/c1-12(2)7-16-8-14-6-15(20-17-14)10-18-5-4-13(9-18)11-19-3/h6,12-13,16H,4-5,7-11H2,1-3H3. The Morgan fingerprint density at radius 1 is 1.55 bits per heavy atom. The fraction of sp³-hybridized carbons (Fsp3) is 0.800.